The summed E-state index contributed by atoms with van der Waals surface area (Å²) < 4.78 is 12.2. The summed E-state index contributed by atoms with van der Waals surface area (Å²) in [6.45, 7) is 9.95. The molecule has 0 amide bonds. The van der Waals surface area contributed by atoms with Crippen molar-refractivity contribution in [2.24, 2.45) is 0 Å². The highest BCUT2D eigenvalue weighted by Gasteiger charge is 1.97. The summed E-state index contributed by atoms with van der Waals surface area (Å²) >= 11 is 0. The lowest BCUT2D eigenvalue weighted by Crippen LogP contribution is -1.83. The van der Waals surface area contributed by atoms with E-state index in [0.717, 1.165) is 18.4 Å². The predicted molar refractivity (Wildman–Crippen MR) is 54.9 cm³/mol. The molecule has 0 aliphatic heterocycles. The van der Waals surface area contributed by atoms with Gasteiger partial charge in [0.15, 0.2) is 0 Å². The highest BCUT2D eigenvalue weighted by molar-refractivity contribution is 5.20. The topological polar surface area (TPSA) is 0 Å². The van der Waals surface area contributed by atoms with Crippen LogP contribution in [0.5, 0.6) is 0 Å². The fourth-order valence-electron chi connectivity index (χ4n) is 0.804. The van der Waals surface area contributed by atoms with Gasteiger partial charge in [-0.2, -0.15) is 0 Å². The molecule has 0 unspecified atom stereocenters. The summed E-state index contributed by atoms with van der Waals surface area (Å²) in [5, 5.41) is 0. The Morgan fingerprint density at radius 3 is 1.92 bits per heavy atom. The van der Waals surface area contributed by atoms with Gasteiger partial charge in [0.05, 0.1) is 0 Å². The maximum absolute atomic E-state index is 12.2. The monoisotopic (exact) mass is 172 g/mol. The van der Waals surface area contributed by atoms with Crippen LogP contribution >= 0.6 is 0 Å². The molecule has 0 nitrogen and oxygen atoms in total. The van der Waals surface area contributed by atoms with E-state index in [1.54, 1.807) is 12.2 Å². The number of hydrogen-bond donors (Lipinski definition) is 0. The molecule has 0 radical (unpaired) electrons. The van der Waals surface area contributed by atoms with Crippen LogP contribution in [-0.2, 0) is 0 Å². The van der Waals surface area contributed by atoms with Gasteiger partial charge in [0, 0.05) is 0 Å². The van der Waals surface area contributed by atoms with E-state index >= 15 is 0 Å². The molecule has 0 N–H and O–H groups in total. The Bertz CT molecular complexity index is 143. The molecule has 0 aromatic heterocycles. The maximum Gasteiger partial charge on any atom is 0.119 e. The molecule has 1 rings (SSSR count). The standard InChI is InChI=1S/C7H9F.2C2H6/c1-6-3-2-4-7(8)5-6;2*1-2/h4-5H,2-3H2,1H3;2*1-2H3. The molecular weight excluding hydrogens is 151 g/mol. The molecule has 0 saturated carbocycles. The molecule has 1 heteroatoms. The molecule has 72 valence electrons. The number of rotatable bonds is 0. The lowest BCUT2D eigenvalue weighted by atomic mass is 10.1. The van der Waals surface area contributed by atoms with Gasteiger partial charge >= 0.3 is 0 Å². The number of allylic oxidation sites excluding steroid dienone is 4. The molecular formula is C11H21F. The van der Waals surface area contributed by atoms with E-state index in [9.17, 15) is 4.39 Å². The van der Waals surface area contributed by atoms with Gasteiger partial charge in [-0.3, -0.25) is 0 Å². The summed E-state index contributed by atoms with van der Waals surface area (Å²) in [7, 11) is 0. The smallest absolute Gasteiger partial charge is 0.119 e. The van der Waals surface area contributed by atoms with Crippen LogP contribution in [0.2, 0.25) is 0 Å². The van der Waals surface area contributed by atoms with Gasteiger partial charge in [-0.25, -0.2) is 4.39 Å². The lowest BCUT2D eigenvalue weighted by Gasteiger charge is -2.01. The quantitative estimate of drug-likeness (QED) is 0.499. The van der Waals surface area contributed by atoms with Crippen LogP contribution < -0.4 is 0 Å². The van der Waals surface area contributed by atoms with Crippen LogP contribution in [0.15, 0.2) is 23.6 Å². The summed E-state index contributed by atoms with van der Waals surface area (Å²) in [4.78, 5) is 0. The SMILES string of the molecule is CC.CC.CC1=CC(F)=CCC1. The second kappa shape index (κ2) is 10.4. The van der Waals surface area contributed by atoms with Crippen molar-refractivity contribution in [2.45, 2.75) is 47.5 Å². The molecule has 1 aliphatic carbocycles. The maximum atomic E-state index is 12.2. The van der Waals surface area contributed by atoms with Crippen LogP contribution in [0.1, 0.15) is 47.5 Å². The first-order chi connectivity index (χ1) is 5.79. The molecule has 0 aromatic rings. The van der Waals surface area contributed by atoms with Crippen molar-refractivity contribution >= 4 is 0 Å². The predicted octanol–water partition coefficient (Wildman–Crippen LogP) is 4.63. The zero-order valence-electron chi connectivity index (χ0n) is 8.95. The molecule has 12 heavy (non-hydrogen) atoms. The first-order valence-electron chi connectivity index (χ1n) is 4.82. The van der Waals surface area contributed by atoms with E-state index in [2.05, 4.69) is 0 Å². The average molecular weight is 172 g/mol. The van der Waals surface area contributed by atoms with Crippen molar-refractivity contribution in [3.63, 3.8) is 0 Å². The van der Waals surface area contributed by atoms with Gasteiger partial charge in [0.2, 0.25) is 0 Å². The molecule has 0 bridgehead atoms. The van der Waals surface area contributed by atoms with Crippen LogP contribution in [-0.4, -0.2) is 0 Å². The molecule has 0 saturated heterocycles. The van der Waals surface area contributed by atoms with E-state index in [-0.39, 0.29) is 5.83 Å². The first-order valence-corrected chi connectivity index (χ1v) is 4.82. The van der Waals surface area contributed by atoms with Crippen molar-refractivity contribution in [3.05, 3.63) is 23.6 Å². The van der Waals surface area contributed by atoms with Gasteiger partial charge in [-0.05, 0) is 31.9 Å². The van der Waals surface area contributed by atoms with Gasteiger partial charge < -0.3 is 0 Å². The minimum Gasteiger partial charge on any atom is -0.207 e. The fraction of sp³-hybridized carbons (Fsp3) is 0.636. The molecule has 0 heterocycles. The molecule has 0 spiro atoms. The third-order valence-electron chi connectivity index (χ3n) is 1.26. The average Bonchev–Trinajstić information content (AvgIpc) is 2.11. The minimum absolute atomic E-state index is 0.0752. The summed E-state index contributed by atoms with van der Waals surface area (Å²) in [5.74, 6) is -0.0752. The van der Waals surface area contributed by atoms with E-state index in [4.69, 9.17) is 0 Å². The molecule has 0 aromatic carbocycles. The molecule has 1 aliphatic rings. The van der Waals surface area contributed by atoms with Crippen LogP contribution in [0, 0.1) is 0 Å². The Morgan fingerprint density at radius 2 is 1.67 bits per heavy atom. The van der Waals surface area contributed by atoms with Crippen LogP contribution in [0.25, 0.3) is 0 Å². The van der Waals surface area contributed by atoms with E-state index in [0.29, 0.717) is 0 Å². The first kappa shape index (κ1) is 14.0. The van der Waals surface area contributed by atoms with E-state index in [1.165, 1.54) is 0 Å². The van der Waals surface area contributed by atoms with E-state index in [1.807, 2.05) is 34.6 Å². The van der Waals surface area contributed by atoms with Crippen molar-refractivity contribution < 1.29 is 4.39 Å². The zero-order chi connectivity index (χ0) is 9.98. The number of halogens is 1. The van der Waals surface area contributed by atoms with Gasteiger partial charge in [-0.15, -0.1) is 0 Å². The summed E-state index contributed by atoms with van der Waals surface area (Å²) in [6.07, 6.45) is 5.10. The second-order valence-electron chi connectivity index (χ2n) is 2.12. The Morgan fingerprint density at radius 1 is 1.17 bits per heavy atom. The Labute approximate surface area is 76.2 Å². The van der Waals surface area contributed by atoms with Crippen molar-refractivity contribution in [1.29, 1.82) is 0 Å². The fourth-order valence-corrected chi connectivity index (χ4v) is 0.804. The number of hydrogen-bond acceptors (Lipinski definition) is 0. The lowest BCUT2D eigenvalue weighted by molar-refractivity contribution is 0.647. The Hall–Kier alpha value is -0.590. The van der Waals surface area contributed by atoms with Crippen LogP contribution in [0.4, 0.5) is 4.39 Å². The van der Waals surface area contributed by atoms with Crippen molar-refractivity contribution in [2.75, 3.05) is 0 Å². The van der Waals surface area contributed by atoms with Gasteiger partial charge in [-0.1, -0.05) is 33.3 Å². The molecule has 0 fully saturated rings. The third-order valence-corrected chi connectivity index (χ3v) is 1.26. The van der Waals surface area contributed by atoms with Crippen molar-refractivity contribution in [1.82, 2.24) is 0 Å². The third kappa shape index (κ3) is 7.52. The molecule has 0 atom stereocenters. The minimum atomic E-state index is -0.0752. The highest BCUT2D eigenvalue weighted by atomic mass is 19.1. The van der Waals surface area contributed by atoms with Gasteiger partial charge in [0.1, 0.15) is 5.83 Å². The Balaban J connectivity index is 0. The Kier molecular flexibility index (Phi) is 12.1. The largest absolute Gasteiger partial charge is 0.207 e. The van der Waals surface area contributed by atoms with Gasteiger partial charge in [0.25, 0.3) is 0 Å². The second-order valence-corrected chi connectivity index (χ2v) is 2.12. The van der Waals surface area contributed by atoms with E-state index < -0.39 is 0 Å². The van der Waals surface area contributed by atoms with Crippen molar-refractivity contribution in [3.8, 4) is 0 Å². The highest BCUT2D eigenvalue weighted by Crippen LogP contribution is 2.16. The zero-order valence-corrected chi connectivity index (χ0v) is 8.95. The van der Waals surface area contributed by atoms with Crippen LogP contribution in [0.3, 0.4) is 0 Å². The normalized spacial score (nSPS) is 14.2. The summed E-state index contributed by atoms with van der Waals surface area (Å²) in [6, 6.07) is 0. The summed E-state index contributed by atoms with van der Waals surface area (Å²) in [5.41, 5.74) is 1.14.